The fourth-order valence-electron chi connectivity index (χ4n) is 2.39. The molecular weight excluding hydrogens is 330 g/mol. The SMILES string of the molecule is CCNCc1cccc(Br)c1OCc1cncn1C1CC1. The van der Waals surface area contributed by atoms with Gasteiger partial charge in [-0.05, 0) is 41.4 Å². The highest BCUT2D eigenvalue weighted by Crippen LogP contribution is 2.36. The Morgan fingerprint density at radius 1 is 1.43 bits per heavy atom. The summed E-state index contributed by atoms with van der Waals surface area (Å²) >= 11 is 3.59. The van der Waals surface area contributed by atoms with Crippen molar-refractivity contribution in [3.63, 3.8) is 0 Å². The van der Waals surface area contributed by atoms with Crippen molar-refractivity contribution >= 4 is 15.9 Å². The monoisotopic (exact) mass is 349 g/mol. The second-order valence-corrected chi connectivity index (χ2v) is 6.17. The molecule has 1 aliphatic carbocycles. The van der Waals surface area contributed by atoms with Crippen LogP contribution in [-0.2, 0) is 13.2 Å². The van der Waals surface area contributed by atoms with Crippen LogP contribution in [0.1, 0.15) is 37.1 Å². The van der Waals surface area contributed by atoms with Crippen molar-refractivity contribution in [1.82, 2.24) is 14.9 Å². The van der Waals surface area contributed by atoms with E-state index >= 15 is 0 Å². The van der Waals surface area contributed by atoms with E-state index in [-0.39, 0.29) is 0 Å². The van der Waals surface area contributed by atoms with Crippen molar-refractivity contribution in [2.75, 3.05) is 6.54 Å². The molecule has 1 heterocycles. The Balaban J connectivity index is 1.73. The number of hydrogen-bond donors (Lipinski definition) is 1. The van der Waals surface area contributed by atoms with Crippen molar-refractivity contribution < 1.29 is 4.74 Å². The van der Waals surface area contributed by atoms with Crippen LogP contribution >= 0.6 is 15.9 Å². The van der Waals surface area contributed by atoms with E-state index in [4.69, 9.17) is 4.74 Å². The van der Waals surface area contributed by atoms with Crippen LogP contribution in [-0.4, -0.2) is 16.1 Å². The van der Waals surface area contributed by atoms with Gasteiger partial charge in [0, 0.05) is 18.2 Å². The maximum absolute atomic E-state index is 6.08. The molecule has 112 valence electrons. The topological polar surface area (TPSA) is 39.1 Å². The Morgan fingerprint density at radius 2 is 2.29 bits per heavy atom. The Hall–Kier alpha value is -1.33. The summed E-state index contributed by atoms with van der Waals surface area (Å²) in [4.78, 5) is 4.25. The van der Waals surface area contributed by atoms with E-state index in [1.807, 2.05) is 24.7 Å². The van der Waals surface area contributed by atoms with Crippen LogP contribution in [0.4, 0.5) is 0 Å². The lowest BCUT2D eigenvalue weighted by atomic mass is 10.2. The van der Waals surface area contributed by atoms with Crippen LogP contribution in [0.25, 0.3) is 0 Å². The average molecular weight is 350 g/mol. The Labute approximate surface area is 133 Å². The molecule has 1 N–H and O–H groups in total. The van der Waals surface area contributed by atoms with Crippen LogP contribution in [0.2, 0.25) is 0 Å². The van der Waals surface area contributed by atoms with Gasteiger partial charge in [-0.1, -0.05) is 19.1 Å². The fraction of sp³-hybridized carbons (Fsp3) is 0.438. The fourth-order valence-corrected chi connectivity index (χ4v) is 2.91. The molecule has 0 saturated heterocycles. The molecule has 2 aromatic rings. The summed E-state index contributed by atoms with van der Waals surface area (Å²) in [5.74, 6) is 0.919. The third-order valence-corrected chi connectivity index (χ3v) is 4.29. The van der Waals surface area contributed by atoms with Crippen LogP contribution in [0, 0.1) is 0 Å². The van der Waals surface area contributed by atoms with Gasteiger partial charge in [0.1, 0.15) is 12.4 Å². The number of imidazole rings is 1. The van der Waals surface area contributed by atoms with Gasteiger partial charge in [-0.3, -0.25) is 0 Å². The Kier molecular flexibility index (Phi) is 4.60. The van der Waals surface area contributed by atoms with Gasteiger partial charge in [0.25, 0.3) is 0 Å². The standard InChI is InChI=1S/C16H20BrN3O/c1-2-18-8-12-4-3-5-15(17)16(12)21-10-14-9-19-11-20(14)13-6-7-13/h3-5,9,11,13,18H,2,6-8,10H2,1H3. The number of rotatable bonds is 7. The van der Waals surface area contributed by atoms with E-state index < -0.39 is 0 Å². The highest BCUT2D eigenvalue weighted by Gasteiger charge is 2.25. The number of benzene rings is 1. The van der Waals surface area contributed by atoms with Gasteiger partial charge < -0.3 is 14.6 Å². The molecule has 1 aliphatic rings. The number of halogens is 1. The van der Waals surface area contributed by atoms with Crippen LogP contribution in [0.3, 0.4) is 0 Å². The lowest BCUT2D eigenvalue weighted by molar-refractivity contribution is 0.289. The molecule has 4 nitrogen and oxygen atoms in total. The first-order valence-electron chi connectivity index (χ1n) is 7.41. The first kappa shape index (κ1) is 14.6. The minimum absolute atomic E-state index is 0.554. The second kappa shape index (κ2) is 6.62. The molecule has 1 aromatic heterocycles. The van der Waals surface area contributed by atoms with Crippen LogP contribution in [0.5, 0.6) is 5.75 Å². The molecule has 1 aromatic carbocycles. The molecule has 1 saturated carbocycles. The van der Waals surface area contributed by atoms with Gasteiger partial charge in [0.05, 0.1) is 22.7 Å². The molecule has 0 aliphatic heterocycles. The van der Waals surface area contributed by atoms with Gasteiger partial charge in [0.2, 0.25) is 0 Å². The van der Waals surface area contributed by atoms with Crippen molar-refractivity contribution in [1.29, 1.82) is 0 Å². The van der Waals surface area contributed by atoms with Gasteiger partial charge in [-0.2, -0.15) is 0 Å². The first-order valence-corrected chi connectivity index (χ1v) is 8.20. The zero-order valence-electron chi connectivity index (χ0n) is 12.2. The molecule has 0 unspecified atom stereocenters. The van der Waals surface area contributed by atoms with E-state index in [2.05, 4.69) is 43.8 Å². The van der Waals surface area contributed by atoms with Crippen molar-refractivity contribution in [2.45, 2.75) is 39.0 Å². The van der Waals surface area contributed by atoms with Crippen molar-refractivity contribution in [3.8, 4) is 5.75 Å². The summed E-state index contributed by atoms with van der Waals surface area (Å²) in [5, 5.41) is 3.35. The minimum Gasteiger partial charge on any atom is -0.486 e. The Bertz CT molecular complexity index is 607. The normalized spacial score (nSPS) is 14.4. The third kappa shape index (κ3) is 3.47. The Morgan fingerprint density at radius 3 is 3.05 bits per heavy atom. The highest BCUT2D eigenvalue weighted by molar-refractivity contribution is 9.10. The molecular formula is C16H20BrN3O. The molecule has 1 fully saturated rings. The molecule has 0 bridgehead atoms. The van der Waals surface area contributed by atoms with Crippen LogP contribution < -0.4 is 10.1 Å². The number of ether oxygens (including phenoxy) is 1. The van der Waals surface area contributed by atoms with Gasteiger partial charge in [0.15, 0.2) is 0 Å². The van der Waals surface area contributed by atoms with E-state index in [1.54, 1.807) is 0 Å². The van der Waals surface area contributed by atoms with Crippen LogP contribution in [0.15, 0.2) is 35.2 Å². The first-order chi connectivity index (χ1) is 10.3. The number of nitrogens with one attached hydrogen (secondary N) is 1. The molecule has 0 atom stereocenters. The smallest absolute Gasteiger partial charge is 0.138 e. The highest BCUT2D eigenvalue weighted by atomic mass is 79.9. The second-order valence-electron chi connectivity index (χ2n) is 5.32. The number of hydrogen-bond acceptors (Lipinski definition) is 3. The minimum atomic E-state index is 0.554. The summed E-state index contributed by atoms with van der Waals surface area (Å²) in [5.41, 5.74) is 2.31. The zero-order valence-corrected chi connectivity index (χ0v) is 13.8. The quantitative estimate of drug-likeness (QED) is 0.828. The van der Waals surface area contributed by atoms with Crippen molar-refractivity contribution in [2.24, 2.45) is 0 Å². The summed E-state index contributed by atoms with van der Waals surface area (Å²) < 4.78 is 9.31. The summed E-state index contributed by atoms with van der Waals surface area (Å²) in [6.45, 7) is 4.42. The molecule has 3 rings (SSSR count). The van der Waals surface area contributed by atoms with E-state index in [0.717, 1.165) is 29.0 Å². The zero-order chi connectivity index (χ0) is 14.7. The van der Waals surface area contributed by atoms with E-state index in [1.165, 1.54) is 18.4 Å². The molecule has 5 heteroatoms. The lowest BCUT2D eigenvalue weighted by Gasteiger charge is -2.14. The van der Waals surface area contributed by atoms with E-state index in [0.29, 0.717) is 12.6 Å². The maximum atomic E-state index is 6.08. The number of aromatic nitrogens is 2. The predicted octanol–water partition coefficient (Wildman–Crippen LogP) is 3.67. The average Bonchev–Trinajstić information content (AvgIpc) is 3.23. The molecule has 0 amide bonds. The molecule has 21 heavy (non-hydrogen) atoms. The number of para-hydroxylation sites is 1. The lowest BCUT2D eigenvalue weighted by Crippen LogP contribution is -2.13. The number of nitrogens with zero attached hydrogens (tertiary/aromatic N) is 2. The summed E-state index contributed by atoms with van der Waals surface area (Å²) in [7, 11) is 0. The summed E-state index contributed by atoms with van der Waals surface area (Å²) in [6, 6.07) is 6.79. The van der Waals surface area contributed by atoms with Gasteiger partial charge >= 0.3 is 0 Å². The molecule has 0 spiro atoms. The maximum Gasteiger partial charge on any atom is 0.138 e. The molecule has 0 radical (unpaired) electrons. The van der Waals surface area contributed by atoms with Gasteiger partial charge in [-0.15, -0.1) is 0 Å². The van der Waals surface area contributed by atoms with E-state index in [9.17, 15) is 0 Å². The predicted molar refractivity (Wildman–Crippen MR) is 86.4 cm³/mol. The summed E-state index contributed by atoms with van der Waals surface area (Å²) in [6.07, 6.45) is 6.32. The third-order valence-electron chi connectivity index (χ3n) is 3.66. The van der Waals surface area contributed by atoms with Crippen molar-refractivity contribution in [3.05, 3.63) is 46.5 Å². The van der Waals surface area contributed by atoms with Gasteiger partial charge in [-0.25, -0.2) is 4.98 Å². The largest absolute Gasteiger partial charge is 0.486 e.